The molecule has 0 aliphatic rings. The van der Waals surface area contributed by atoms with Gasteiger partial charge in [0.2, 0.25) is 5.76 Å². The first-order chi connectivity index (χ1) is 13.9. The van der Waals surface area contributed by atoms with Gasteiger partial charge in [-0.1, -0.05) is 48.8 Å². The number of hydrogen-bond acceptors (Lipinski definition) is 6. The normalized spacial score (nSPS) is 10.8. The second-order valence-electron chi connectivity index (χ2n) is 6.71. The van der Waals surface area contributed by atoms with Gasteiger partial charge in [-0.2, -0.15) is 0 Å². The predicted octanol–water partition coefficient (Wildman–Crippen LogP) is 2.06. The number of aryl methyl sites for hydroxylation is 1. The lowest BCUT2D eigenvalue weighted by atomic mass is 10.2. The third-order valence-corrected chi connectivity index (χ3v) is 4.49. The number of benzene rings is 1. The third kappa shape index (κ3) is 4.29. The van der Waals surface area contributed by atoms with Gasteiger partial charge >= 0.3 is 5.69 Å². The fourth-order valence-corrected chi connectivity index (χ4v) is 2.99. The van der Waals surface area contributed by atoms with E-state index in [1.807, 2.05) is 37.3 Å². The molecule has 2 aromatic heterocycles. The summed E-state index contributed by atoms with van der Waals surface area (Å²) in [5.74, 6) is -0.663. The molecule has 1 amide bonds. The van der Waals surface area contributed by atoms with Crippen molar-refractivity contribution >= 4 is 17.4 Å². The van der Waals surface area contributed by atoms with Crippen LogP contribution in [0.4, 0.5) is 11.5 Å². The summed E-state index contributed by atoms with van der Waals surface area (Å²) < 4.78 is 6.38. The van der Waals surface area contributed by atoms with Gasteiger partial charge in [-0.25, -0.2) is 4.79 Å². The summed E-state index contributed by atoms with van der Waals surface area (Å²) in [5, 5.41) is 3.74. The number of hydrogen-bond donors (Lipinski definition) is 2. The second kappa shape index (κ2) is 8.59. The molecule has 3 N–H and O–H groups in total. The molecule has 0 saturated carbocycles. The summed E-state index contributed by atoms with van der Waals surface area (Å²) in [5.41, 5.74) is 6.08. The SMILES string of the molecule is CCCCn1c(N)c(N(Cc2ccccc2)C(=O)c2cc(C)no2)c(=O)[nH]c1=O. The Labute approximate surface area is 166 Å². The lowest BCUT2D eigenvalue weighted by Gasteiger charge is -2.23. The van der Waals surface area contributed by atoms with E-state index < -0.39 is 17.2 Å². The number of amides is 1. The lowest BCUT2D eigenvalue weighted by Crippen LogP contribution is -2.40. The van der Waals surface area contributed by atoms with Crippen molar-refractivity contribution in [1.29, 1.82) is 0 Å². The quantitative estimate of drug-likeness (QED) is 0.628. The van der Waals surface area contributed by atoms with Crippen molar-refractivity contribution in [2.45, 2.75) is 39.8 Å². The molecule has 0 aliphatic carbocycles. The van der Waals surface area contributed by atoms with Gasteiger partial charge in [0.05, 0.1) is 12.2 Å². The second-order valence-corrected chi connectivity index (χ2v) is 6.71. The Hall–Kier alpha value is -3.62. The number of anilines is 2. The van der Waals surface area contributed by atoms with E-state index in [0.29, 0.717) is 18.7 Å². The van der Waals surface area contributed by atoms with E-state index in [-0.39, 0.29) is 23.8 Å². The molecule has 0 unspecified atom stereocenters. The van der Waals surface area contributed by atoms with Gasteiger partial charge in [0.25, 0.3) is 11.5 Å². The number of H-pyrrole nitrogens is 1. The first kappa shape index (κ1) is 20.1. The Balaban J connectivity index is 2.14. The molecule has 9 nitrogen and oxygen atoms in total. The average molecular weight is 397 g/mol. The van der Waals surface area contributed by atoms with Crippen LogP contribution >= 0.6 is 0 Å². The third-order valence-electron chi connectivity index (χ3n) is 4.49. The van der Waals surface area contributed by atoms with Crippen LogP contribution in [0.15, 0.2) is 50.5 Å². The van der Waals surface area contributed by atoms with E-state index in [4.69, 9.17) is 10.3 Å². The summed E-state index contributed by atoms with van der Waals surface area (Å²) in [6.45, 7) is 4.07. The molecular weight excluding hydrogens is 374 g/mol. The molecule has 0 aliphatic heterocycles. The maximum atomic E-state index is 13.2. The minimum Gasteiger partial charge on any atom is -0.383 e. The summed E-state index contributed by atoms with van der Waals surface area (Å²) in [7, 11) is 0. The van der Waals surface area contributed by atoms with Crippen LogP contribution in [0.2, 0.25) is 0 Å². The highest BCUT2D eigenvalue weighted by atomic mass is 16.5. The molecular formula is C20H23N5O4. The lowest BCUT2D eigenvalue weighted by molar-refractivity contribution is 0.0949. The number of nitrogen functional groups attached to an aromatic ring is 1. The monoisotopic (exact) mass is 397 g/mol. The molecule has 0 fully saturated rings. The standard InChI is InChI=1S/C20H23N5O4/c1-3-4-10-24-17(21)16(18(26)22-20(24)28)25(12-14-8-6-5-7-9-14)19(27)15-11-13(2)23-29-15/h5-9,11H,3-4,10,12,21H2,1-2H3,(H,22,26,28). The van der Waals surface area contributed by atoms with Gasteiger partial charge in [-0.15, -0.1) is 0 Å². The topological polar surface area (TPSA) is 127 Å². The Morgan fingerprint density at radius 1 is 1.28 bits per heavy atom. The molecule has 29 heavy (non-hydrogen) atoms. The van der Waals surface area contributed by atoms with E-state index in [9.17, 15) is 14.4 Å². The van der Waals surface area contributed by atoms with Gasteiger partial charge in [0.15, 0.2) is 5.69 Å². The minimum absolute atomic E-state index is 0.0245. The van der Waals surface area contributed by atoms with Crippen LogP contribution < -0.4 is 21.9 Å². The number of carbonyl (C=O) groups excluding carboxylic acids is 1. The zero-order valence-corrected chi connectivity index (χ0v) is 16.3. The van der Waals surface area contributed by atoms with E-state index in [1.54, 1.807) is 6.92 Å². The van der Waals surface area contributed by atoms with Crippen LogP contribution in [0.25, 0.3) is 0 Å². The van der Waals surface area contributed by atoms with E-state index in [0.717, 1.165) is 12.0 Å². The van der Waals surface area contributed by atoms with Crippen molar-refractivity contribution in [1.82, 2.24) is 14.7 Å². The van der Waals surface area contributed by atoms with Crippen LogP contribution in [0, 0.1) is 6.92 Å². The first-order valence-corrected chi connectivity index (χ1v) is 9.34. The van der Waals surface area contributed by atoms with Crippen LogP contribution in [0.5, 0.6) is 0 Å². The Morgan fingerprint density at radius 3 is 2.62 bits per heavy atom. The molecule has 1 aromatic carbocycles. The molecule has 3 rings (SSSR count). The maximum Gasteiger partial charge on any atom is 0.330 e. The summed E-state index contributed by atoms with van der Waals surface area (Å²) in [6.07, 6.45) is 1.54. The molecule has 3 aromatic rings. The van der Waals surface area contributed by atoms with E-state index in [2.05, 4.69) is 10.1 Å². The van der Waals surface area contributed by atoms with Crippen molar-refractivity contribution in [3.05, 3.63) is 74.3 Å². The highest BCUT2D eigenvalue weighted by Gasteiger charge is 2.27. The molecule has 152 valence electrons. The number of carbonyl (C=O) groups is 1. The molecule has 0 bridgehead atoms. The van der Waals surface area contributed by atoms with E-state index in [1.165, 1.54) is 15.5 Å². The van der Waals surface area contributed by atoms with Crippen LogP contribution in [0.3, 0.4) is 0 Å². The summed E-state index contributed by atoms with van der Waals surface area (Å²) >= 11 is 0. The predicted molar refractivity (Wildman–Crippen MR) is 109 cm³/mol. The largest absolute Gasteiger partial charge is 0.383 e. The fourth-order valence-electron chi connectivity index (χ4n) is 2.99. The zero-order valence-electron chi connectivity index (χ0n) is 16.3. The van der Waals surface area contributed by atoms with Gasteiger partial charge in [-0.05, 0) is 18.9 Å². The molecule has 2 heterocycles. The summed E-state index contributed by atoms with van der Waals surface area (Å²) in [4.78, 5) is 41.6. The van der Waals surface area contributed by atoms with E-state index >= 15 is 0 Å². The van der Waals surface area contributed by atoms with Gasteiger partial charge in [-0.3, -0.25) is 24.0 Å². The van der Waals surface area contributed by atoms with Gasteiger partial charge < -0.3 is 10.3 Å². The number of nitrogens with two attached hydrogens (primary N) is 1. The van der Waals surface area contributed by atoms with Crippen molar-refractivity contribution in [2.24, 2.45) is 0 Å². The number of rotatable bonds is 7. The van der Waals surface area contributed by atoms with Gasteiger partial charge in [0.1, 0.15) is 5.82 Å². The Bertz CT molecular complexity index is 1110. The fraction of sp³-hybridized carbons (Fsp3) is 0.300. The Kier molecular flexibility index (Phi) is 5.96. The van der Waals surface area contributed by atoms with Crippen molar-refractivity contribution < 1.29 is 9.32 Å². The number of unbranched alkanes of at least 4 members (excludes halogenated alkanes) is 1. The summed E-state index contributed by atoms with van der Waals surface area (Å²) in [6, 6.07) is 10.6. The molecule has 9 heteroatoms. The molecule has 0 atom stereocenters. The smallest absolute Gasteiger partial charge is 0.330 e. The van der Waals surface area contributed by atoms with Gasteiger partial charge in [0, 0.05) is 12.6 Å². The molecule has 0 spiro atoms. The van der Waals surface area contributed by atoms with Crippen LogP contribution in [-0.4, -0.2) is 20.6 Å². The average Bonchev–Trinajstić information content (AvgIpc) is 3.13. The first-order valence-electron chi connectivity index (χ1n) is 9.34. The van der Waals surface area contributed by atoms with Crippen molar-refractivity contribution in [3.63, 3.8) is 0 Å². The van der Waals surface area contributed by atoms with Crippen molar-refractivity contribution in [2.75, 3.05) is 10.6 Å². The number of aromatic amines is 1. The van der Waals surface area contributed by atoms with Crippen molar-refractivity contribution in [3.8, 4) is 0 Å². The Morgan fingerprint density at radius 2 is 2.00 bits per heavy atom. The minimum atomic E-state index is -0.735. The highest BCUT2D eigenvalue weighted by molar-refractivity contribution is 6.05. The maximum absolute atomic E-state index is 13.2. The number of aromatic nitrogens is 3. The molecule has 0 radical (unpaired) electrons. The zero-order chi connectivity index (χ0) is 21.0. The highest BCUT2D eigenvalue weighted by Crippen LogP contribution is 2.22. The van der Waals surface area contributed by atoms with Crippen LogP contribution in [0.1, 0.15) is 41.6 Å². The number of nitrogens with zero attached hydrogens (tertiary/aromatic N) is 3. The van der Waals surface area contributed by atoms with Crippen LogP contribution in [-0.2, 0) is 13.1 Å². The number of nitrogens with one attached hydrogen (secondary N) is 1. The molecule has 0 saturated heterocycles.